The highest BCUT2D eigenvalue weighted by atomic mass is 32.1. The molecular weight excluding hydrogens is 342 g/mol. The molecule has 0 radical (unpaired) electrons. The normalized spacial score (nSPS) is 12.6. The Morgan fingerprint density at radius 2 is 2.24 bits per heavy atom. The quantitative estimate of drug-likeness (QED) is 0.661. The number of phenols is 1. The number of carbonyl (C=O) groups is 1. The molecule has 9 heteroatoms. The second kappa shape index (κ2) is 6.36. The predicted molar refractivity (Wildman–Crippen MR) is 93.2 cm³/mol. The Balaban J connectivity index is 1.52. The molecule has 2 aromatic heterocycles. The molecule has 1 amide bonds. The van der Waals surface area contributed by atoms with Gasteiger partial charge in [-0.25, -0.2) is 4.98 Å². The first-order chi connectivity index (χ1) is 12.2. The van der Waals surface area contributed by atoms with Gasteiger partial charge in [0.1, 0.15) is 17.4 Å². The third-order valence-electron chi connectivity index (χ3n) is 3.51. The molecule has 0 saturated heterocycles. The van der Waals surface area contributed by atoms with Crippen LogP contribution in [0.1, 0.15) is 10.4 Å². The molecule has 25 heavy (non-hydrogen) atoms. The SMILES string of the molecule is O=C(Nc1nnc(-c2cccc(O)c2)s1)c1cnc2c(c1)OCCN2. The maximum atomic E-state index is 12.4. The summed E-state index contributed by atoms with van der Waals surface area (Å²) in [6.45, 7) is 1.22. The Bertz CT molecular complexity index is 943. The van der Waals surface area contributed by atoms with Gasteiger partial charge in [-0.2, -0.15) is 0 Å². The number of amides is 1. The average Bonchev–Trinajstić information content (AvgIpc) is 3.10. The van der Waals surface area contributed by atoms with E-state index in [1.54, 1.807) is 24.3 Å². The molecule has 3 aromatic rings. The smallest absolute Gasteiger partial charge is 0.259 e. The largest absolute Gasteiger partial charge is 0.508 e. The standard InChI is InChI=1S/C16H13N5O3S/c22-11-3-1-2-9(6-11)15-20-21-16(25-15)19-14(23)10-7-12-13(18-8-10)17-4-5-24-12/h1-3,6-8,22H,4-5H2,(H,17,18)(H,19,21,23). The van der Waals surface area contributed by atoms with Crippen molar-refractivity contribution in [3.8, 4) is 22.1 Å². The average molecular weight is 355 g/mol. The summed E-state index contributed by atoms with van der Waals surface area (Å²) < 4.78 is 5.48. The minimum atomic E-state index is -0.344. The third-order valence-corrected chi connectivity index (χ3v) is 4.39. The lowest BCUT2D eigenvalue weighted by Gasteiger charge is -2.18. The van der Waals surface area contributed by atoms with E-state index < -0.39 is 0 Å². The summed E-state index contributed by atoms with van der Waals surface area (Å²) in [4.78, 5) is 16.6. The van der Waals surface area contributed by atoms with Crippen molar-refractivity contribution in [1.82, 2.24) is 15.2 Å². The number of nitrogens with zero attached hydrogens (tertiary/aromatic N) is 3. The van der Waals surface area contributed by atoms with E-state index in [1.165, 1.54) is 17.5 Å². The molecule has 0 fully saturated rings. The zero-order valence-corrected chi connectivity index (χ0v) is 13.7. The Kier molecular flexibility index (Phi) is 3.90. The number of pyridine rings is 1. The van der Waals surface area contributed by atoms with Crippen molar-refractivity contribution in [3.63, 3.8) is 0 Å². The van der Waals surface area contributed by atoms with Crippen LogP contribution in [0.15, 0.2) is 36.5 Å². The van der Waals surface area contributed by atoms with Crippen LogP contribution in [0.5, 0.6) is 11.5 Å². The lowest BCUT2D eigenvalue weighted by molar-refractivity contribution is 0.102. The fourth-order valence-corrected chi connectivity index (χ4v) is 3.08. The van der Waals surface area contributed by atoms with Crippen LogP contribution in [0.3, 0.4) is 0 Å². The fraction of sp³-hybridized carbons (Fsp3) is 0.125. The maximum absolute atomic E-state index is 12.4. The van der Waals surface area contributed by atoms with Crippen LogP contribution in [0.25, 0.3) is 10.6 Å². The van der Waals surface area contributed by atoms with Gasteiger partial charge in [-0.3, -0.25) is 10.1 Å². The Hall–Kier alpha value is -3.20. The van der Waals surface area contributed by atoms with Crippen molar-refractivity contribution in [1.29, 1.82) is 0 Å². The summed E-state index contributed by atoms with van der Waals surface area (Å²) in [6.07, 6.45) is 1.48. The van der Waals surface area contributed by atoms with Crippen LogP contribution < -0.4 is 15.4 Å². The number of aromatic hydroxyl groups is 1. The van der Waals surface area contributed by atoms with Gasteiger partial charge in [-0.15, -0.1) is 10.2 Å². The van der Waals surface area contributed by atoms with Gasteiger partial charge in [-0.1, -0.05) is 23.5 Å². The lowest BCUT2D eigenvalue weighted by Crippen LogP contribution is -2.20. The number of aromatic nitrogens is 3. The van der Waals surface area contributed by atoms with Crippen LogP contribution in [-0.4, -0.2) is 39.3 Å². The minimum Gasteiger partial charge on any atom is -0.508 e. The minimum absolute atomic E-state index is 0.145. The number of ether oxygens (including phenoxy) is 1. The Morgan fingerprint density at radius 3 is 3.12 bits per heavy atom. The summed E-state index contributed by atoms with van der Waals surface area (Å²) >= 11 is 1.22. The van der Waals surface area contributed by atoms with Crippen LogP contribution in [0.2, 0.25) is 0 Å². The number of anilines is 2. The van der Waals surface area contributed by atoms with Crippen molar-refractivity contribution >= 4 is 28.2 Å². The van der Waals surface area contributed by atoms with E-state index in [0.29, 0.717) is 40.4 Å². The highest BCUT2D eigenvalue weighted by Crippen LogP contribution is 2.29. The van der Waals surface area contributed by atoms with Gasteiger partial charge < -0.3 is 15.2 Å². The first-order valence-corrected chi connectivity index (χ1v) is 8.32. The zero-order chi connectivity index (χ0) is 17.2. The molecule has 0 aliphatic carbocycles. The van der Waals surface area contributed by atoms with Crippen LogP contribution >= 0.6 is 11.3 Å². The highest BCUT2D eigenvalue weighted by molar-refractivity contribution is 7.18. The first-order valence-electron chi connectivity index (χ1n) is 7.50. The summed E-state index contributed by atoms with van der Waals surface area (Å²) in [5, 5.41) is 24.3. The molecule has 8 nitrogen and oxygen atoms in total. The van der Waals surface area contributed by atoms with Gasteiger partial charge in [-0.05, 0) is 18.2 Å². The lowest BCUT2D eigenvalue weighted by atomic mass is 10.2. The molecule has 0 unspecified atom stereocenters. The summed E-state index contributed by atoms with van der Waals surface area (Å²) in [6, 6.07) is 8.33. The highest BCUT2D eigenvalue weighted by Gasteiger charge is 2.16. The zero-order valence-electron chi connectivity index (χ0n) is 12.9. The first kappa shape index (κ1) is 15.3. The van der Waals surface area contributed by atoms with E-state index in [2.05, 4.69) is 25.8 Å². The Morgan fingerprint density at radius 1 is 1.32 bits per heavy atom. The van der Waals surface area contributed by atoms with E-state index in [1.807, 2.05) is 6.07 Å². The van der Waals surface area contributed by atoms with Gasteiger partial charge in [0.2, 0.25) is 5.13 Å². The van der Waals surface area contributed by atoms with Crippen molar-refractivity contribution in [2.75, 3.05) is 23.8 Å². The molecule has 0 spiro atoms. The summed E-state index contributed by atoms with van der Waals surface area (Å²) in [7, 11) is 0. The number of hydrogen-bond acceptors (Lipinski definition) is 8. The number of carbonyl (C=O) groups excluding carboxylic acids is 1. The van der Waals surface area contributed by atoms with E-state index in [-0.39, 0.29) is 11.7 Å². The molecular formula is C16H13N5O3S. The topological polar surface area (TPSA) is 109 Å². The summed E-state index contributed by atoms with van der Waals surface area (Å²) in [5.41, 5.74) is 1.10. The van der Waals surface area contributed by atoms with E-state index in [4.69, 9.17) is 4.74 Å². The van der Waals surface area contributed by atoms with E-state index >= 15 is 0 Å². The molecule has 4 rings (SSSR count). The number of hydrogen-bond donors (Lipinski definition) is 3. The number of nitrogens with one attached hydrogen (secondary N) is 2. The third kappa shape index (κ3) is 3.22. The molecule has 3 N–H and O–H groups in total. The molecule has 1 aliphatic heterocycles. The van der Waals surface area contributed by atoms with Gasteiger partial charge >= 0.3 is 0 Å². The van der Waals surface area contributed by atoms with Gasteiger partial charge in [0.15, 0.2) is 11.6 Å². The molecule has 126 valence electrons. The van der Waals surface area contributed by atoms with Gasteiger partial charge in [0.05, 0.1) is 12.1 Å². The molecule has 1 aliphatic rings. The molecule has 0 atom stereocenters. The Labute approximate surface area is 146 Å². The van der Waals surface area contributed by atoms with Crippen LogP contribution in [-0.2, 0) is 0 Å². The maximum Gasteiger partial charge on any atom is 0.259 e. The molecule has 0 saturated carbocycles. The van der Waals surface area contributed by atoms with Crippen LogP contribution in [0, 0.1) is 0 Å². The number of rotatable bonds is 3. The number of phenolic OH excluding ortho intramolecular Hbond substituents is 1. The second-order valence-corrected chi connectivity index (χ2v) is 6.24. The molecule has 0 bridgehead atoms. The summed E-state index contributed by atoms with van der Waals surface area (Å²) in [5.74, 6) is 0.983. The van der Waals surface area contributed by atoms with Crippen molar-refractivity contribution in [2.24, 2.45) is 0 Å². The second-order valence-electron chi connectivity index (χ2n) is 5.26. The van der Waals surface area contributed by atoms with Crippen LogP contribution in [0.4, 0.5) is 10.9 Å². The molecule has 3 heterocycles. The van der Waals surface area contributed by atoms with Crippen molar-refractivity contribution in [3.05, 3.63) is 42.1 Å². The fourth-order valence-electron chi connectivity index (χ4n) is 2.34. The van der Waals surface area contributed by atoms with Crippen molar-refractivity contribution < 1.29 is 14.6 Å². The van der Waals surface area contributed by atoms with E-state index in [9.17, 15) is 9.90 Å². The van der Waals surface area contributed by atoms with E-state index in [0.717, 1.165) is 5.56 Å². The number of benzene rings is 1. The number of fused-ring (bicyclic) bond motifs is 1. The predicted octanol–water partition coefficient (Wildman–Crippen LogP) is 2.36. The monoisotopic (exact) mass is 355 g/mol. The molecule has 1 aromatic carbocycles. The van der Waals surface area contributed by atoms with Gasteiger partial charge in [0.25, 0.3) is 5.91 Å². The van der Waals surface area contributed by atoms with Gasteiger partial charge in [0, 0.05) is 11.8 Å². The van der Waals surface area contributed by atoms with Crippen molar-refractivity contribution in [2.45, 2.75) is 0 Å².